The zero-order chi connectivity index (χ0) is 15.4. The lowest BCUT2D eigenvalue weighted by molar-refractivity contribution is 0.577. The van der Waals surface area contributed by atoms with Gasteiger partial charge in [0, 0.05) is 27.8 Å². The highest BCUT2D eigenvalue weighted by Gasteiger charge is 2.13. The van der Waals surface area contributed by atoms with Gasteiger partial charge in [-0.25, -0.2) is 4.39 Å². The molecule has 0 amide bonds. The van der Waals surface area contributed by atoms with Crippen molar-refractivity contribution >= 4 is 15.9 Å². The van der Waals surface area contributed by atoms with Crippen LogP contribution in [0.25, 0.3) is 0 Å². The van der Waals surface area contributed by atoms with Crippen LogP contribution in [0.15, 0.2) is 22.7 Å². The molecule has 0 aliphatic heterocycles. The lowest BCUT2D eigenvalue weighted by Gasteiger charge is -2.08. The average molecular weight is 354 g/mol. The molecule has 1 N–H and O–H groups in total. The number of hydrogen-bond donors (Lipinski definition) is 1. The number of halogens is 2. The number of aryl methyl sites for hydroxylation is 1. The van der Waals surface area contributed by atoms with Crippen LogP contribution in [0.1, 0.15) is 35.9 Å². The van der Waals surface area contributed by atoms with E-state index in [2.05, 4.69) is 33.3 Å². The van der Waals surface area contributed by atoms with E-state index < -0.39 is 0 Å². The second kappa shape index (κ2) is 7.18. The van der Waals surface area contributed by atoms with Gasteiger partial charge in [0.15, 0.2) is 0 Å². The molecule has 0 saturated carbocycles. The van der Waals surface area contributed by atoms with Gasteiger partial charge in [-0.05, 0) is 45.0 Å². The first-order valence-corrected chi connectivity index (χ1v) is 7.99. The molecule has 0 aliphatic rings. The molecule has 0 radical (unpaired) electrons. The quantitative estimate of drug-likeness (QED) is 0.796. The van der Waals surface area contributed by atoms with E-state index >= 15 is 0 Å². The largest absolute Gasteiger partial charge is 0.313 e. The van der Waals surface area contributed by atoms with Gasteiger partial charge in [-0.15, -0.1) is 0 Å². The zero-order valence-electron chi connectivity index (χ0n) is 12.7. The lowest BCUT2D eigenvalue weighted by atomic mass is 10.2. The summed E-state index contributed by atoms with van der Waals surface area (Å²) in [6, 6.07) is 5.00. The fourth-order valence-corrected chi connectivity index (χ4v) is 2.77. The summed E-state index contributed by atoms with van der Waals surface area (Å²) < 4.78 is 16.6. The number of nitrogens with one attached hydrogen (secondary N) is 1. The minimum Gasteiger partial charge on any atom is -0.313 e. The van der Waals surface area contributed by atoms with Crippen LogP contribution in [-0.2, 0) is 13.1 Å². The van der Waals surface area contributed by atoms with Crippen LogP contribution in [0.2, 0.25) is 0 Å². The average Bonchev–Trinajstić information content (AvgIpc) is 2.70. The van der Waals surface area contributed by atoms with Crippen molar-refractivity contribution in [1.82, 2.24) is 15.1 Å². The summed E-state index contributed by atoms with van der Waals surface area (Å²) in [6.45, 7) is 8.44. The van der Waals surface area contributed by atoms with E-state index in [4.69, 9.17) is 0 Å². The lowest BCUT2D eigenvalue weighted by Crippen LogP contribution is -2.15. The molecule has 1 aromatic heterocycles. The van der Waals surface area contributed by atoms with E-state index in [-0.39, 0.29) is 5.82 Å². The smallest absolute Gasteiger partial charge is 0.128 e. The van der Waals surface area contributed by atoms with Gasteiger partial charge in [0.05, 0.1) is 12.2 Å². The summed E-state index contributed by atoms with van der Waals surface area (Å²) in [5.41, 5.74) is 3.95. The van der Waals surface area contributed by atoms with Crippen molar-refractivity contribution in [3.05, 3.63) is 51.0 Å². The molecule has 0 spiro atoms. The third-order valence-corrected chi connectivity index (χ3v) is 4.08. The summed E-state index contributed by atoms with van der Waals surface area (Å²) >= 11 is 3.38. The van der Waals surface area contributed by atoms with Gasteiger partial charge in [-0.2, -0.15) is 5.10 Å². The van der Waals surface area contributed by atoms with Gasteiger partial charge in [0.1, 0.15) is 5.82 Å². The molecule has 0 unspecified atom stereocenters. The molecule has 114 valence electrons. The molecular weight excluding hydrogens is 333 g/mol. The standard InChI is InChI=1S/C16H21BrFN3/c1-4-7-19-9-15-11(2)20-21(12(15)3)10-13-8-14(17)5-6-16(13)18/h5-6,8,19H,4,7,9-10H2,1-3H3. The SMILES string of the molecule is CCCNCc1c(C)nn(Cc2cc(Br)ccc2F)c1C. The Morgan fingerprint density at radius 2 is 2.10 bits per heavy atom. The number of nitrogens with zero attached hydrogens (tertiary/aromatic N) is 2. The number of rotatable bonds is 6. The van der Waals surface area contributed by atoms with E-state index in [1.807, 2.05) is 18.5 Å². The van der Waals surface area contributed by atoms with Crippen molar-refractivity contribution in [2.75, 3.05) is 6.54 Å². The normalized spacial score (nSPS) is 11.1. The van der Waals surface area contributed by atoms with Crippen molar-refractivity contribution in [2.24, 2.45) is 0 Å². The third kappa shape index (κ3) is 3.92. The predicted octanol–water partition coefficient (Wildman–Crippen LogP) is 3.95. The Kier molecular flexibility index (Phi) is 5.53. The molecule has 21 heavy (non-hydrogen) atoms. The van der Waals surface area contributed by atoms with Crippen LogP contribution in [0, 0.1) is 19.7 Å². The summed E-state index contributed by atoms with van der Waals surface area (Å²) in [6.07, 6.45) is 1.11. The Bertz CT molecular complexity index is 622. The van der Waals surface area contributed by atoms with Crippen LogP contribution >= 0.6 is 15.9 Å². The van der Waals surface area contributed by atoms with Gasteiger partial charge in [0.25, 0.3) is 0 Å². The van der Waals surface area contributed by atoms with Gasteiger partial charge in [0.2, 0.25) is 0 Å². The van der Waals surface area contributed by atoms with E-state index in [1.54, 1.807) is 12.1 Å². The molecular formula is C16H21BrFN3. The second-order valence-corrected chi connectivity index (χ2v) is 6.14. The van der Waals surface area contributed by atoms with Crippen molar-refractivity contribution in [3.63, 3.8) is 0 Å². The molecule has 1 heterocycles. The summed E-state index contributed by atoms with van der Waals surface area (Å²) in [5, 5.41) is 7.95. The fraction of sp³-hybridized carbons (Fsp3) is 0.438. The van der Waals surface area contributed by atoms with Crippen molar-refractivity contribution in [1.29, 1.82) is 0 Å². The molecule has 1 aromatic carbocycles. The van der Waals surface area contributed by atoms with E-state index in [0.717, 1.165) is 35.4 Å². The Morgan fingerprint density at radius 3 is 2.81 bits per heavy atom. The van der Waals surface area contributed by atoms with Crippen LogP contribution in [0.5, 0.6) is 0 Å². The number of hydrogen-bond acceptors (Lipinski definition) is 2. The Labute approximate surface area is 133 Å². The van der Waals surface area contributed by atoms with Crippen molar-refractivity contribution in [3.8, 4) is 0 Å². The molecule has 0 aliphatic carbocycles. The maximum Gasteiger partial charge on any atom is 0.128 e. The Hall–Kier alpha value is -1.20. The minimum atomic E-state index is -0.198. The topological polar surface area (TPSA) is 29.9 Å². The molecule has 5 heteroatoms. The molecule has 0 fully saturated rings. The zero-order valence-corrected chi connectivity index (χ0v) is 14.3. The van der Waals surface area contributed by atoms with Crippen molar-refractivity contribution < 1.29 is 4.39 Å². The van der Waals surface area contributed by atoms with Crippen LogP contribution < -0.4 is 5.32 Å². The van der Waals surface area contributed by atoms with Crippen LogP contribution in [0.3, 0.4) is 0 Å². The highest BCUT2D eigenvalue weighted by atomic mass is 79.9. The highest BCUT2D eigenvalue weighted by molar-refractivity contribution is 9.10. The second-order valence-electron chi connectivity index (χ2n) is 5.22. The van der Waals surface area contributed by atoms with E-state index in [9.17, 15) is 4.39 Å². The van der Waals surface area contributed by atoms with E-state index in [0.29, 0.717) is 12.1 Å². The minimum absolute atomic E-state index is 0.198. The van der Waals surface area contributed by atoms with Gasteiger partial charge in [-0.3, -0.25) is 4.68 Å². The first-order chi connectivity index (χ1) is 10.0. The molecule has 2 rings (SSSR count). The van der Waals surface area contributed by atoms with Crippen LogP contribution in [-0.4, -0.2) is 16.3 Å². The third-order valence-electron chi connectivity index (χ3n) is 3.59. The fourth-order valence-electron chi connectivity index (χ4n) is 2.36. The van der Waals surface area contributed by atoms with Gasteiger partial charge >= 0.3 is 0 Å². The molecule has 0 bridgehead atoms. The molecule has 0 saturated heterocycles. The maximum absolute atomic E-state index is 13.9. The van der Waals surface area contributed by atoms with E-state index in [1.165, 1.54) is 11.6 Å². The van der Waals surface area contributed by atoms with Crippen LogP contribution in [0.4, 0.5) is 4.39 Å². The first-order valence-electron chi connectivity index (χ1n) is 7.20. The number of benzene rings is 1. The predicted molar refractivity (Wildman–Crippen MR) is 86.9 cm³/mol. The molecule has 3 nitrogen and oxygen atoms in total. The first kappa shape index (κ1) is 16.2. The number of aromatic nitrogens is 2. The molecule has 2 aromatic rings. The monoisotopic (exact) mass is 353 g/mol. The maximum atomic E-state index is 13.9. The molecule has 0 atom stereocenters. The summed E-state index contributed by atoms with van der Waals surface area (Å²) in [7, 11) is 0. The Balaban J connectivity index is 2.21. The summed E-state index contributed by atoms with van der Waals surface area (Å²) in [5.74, 6) is -0.198. The highest BCUT2D eigenvalue weighted by Crippen LogP contribution is 2.19. The summed E-state index contributed by atoms with van der Waals surface area (Å²) in [4.78, 5) is 0. The Morgan fingerprint density at radius 1 is 1.33 bits per heavy atom. The van der Waals surface area contributed by atoms with Gasteiger partial charge < -0.3 is 5.32 Å². The van der Waals surface area contributed by atoms with Crippen molar-refractivity contribution in [2.45, 2.75) is 40.3 Å². The van der Waals surface area contributed by atoms with Gasteiger partial charge in [-0.1, -0.05) is 22.9 Å².